The van der Waals surface area contributed by atoms with Crippen molar-refractivity contribution < 1.29 is 0 Å². The highest BCUT2D eigenvalue weighted by Gasteiger charge is 2.16. The Morgan fingerprint density at radius 1 is 1.33 bits per heavy atom. The van der Waals surface area contributed by atoms with E-state index in [1.807, 2.05) is 37.3 Å². The minimum absolute atomic E-state index is 0.612. The fraction of sp³-hybridized carbons (Fsp3) is 0.0833. The van der Waals surface area contributed by atoms with Gasteiger partial charge in [0.1, 0.15) is 11.8 Å². The summed E-state index contributed by atoms with van der Waals surface area (Å²) in [6, 6.07) is 2.15. The van der Waals surface area contributed by atoms with E-state index >= 15 is 0 Å². The van der Waals surface area contributed by atoms with E-state index < -0.39 is 0 Å². The van der Waals surface area contributed by atoms with Gasteiger partial charge in [-0.1, -0.05) is 28.1 Å². The number of nitriles is 1. The normalized spacial score (nSPS) is 19.1. The van der Waals surface area contributed by atoms with E-state index in [1.54, 1.807) is 0 Å². The van der Waals surface area contributed by atoms with E-state index in [0.29, 0.717) is 5.70 Å². The molecule has 0 saturated carbocycles. The van der Waals surface area contributed by atoms with Gasteiger partial charge < -0.3 is 5.32 Å². The van der Waals surface area contributed by atoms with Crippen molar-refractivity contribution in [1.82, 2.24) is 5.32 Å². The summed E-state index contributed by atoms with van der Waals surface area (Å²) in [5, 5.41) is 12.0. The molecule has 0 bridgehead atoms. The van der Waals surface area contributed by atoms with Crippen LogP contribution < -0.4 is 5.32 Å². The SMILES string of the molecule is CC1=C(C#N)NC2=CC=CC=C(Br)C2=C1. The molecule has 0 fully saturated rings. The topological polar surface area (TPSA) is 35.8 Å². The highest BCUT2D eigenvalue weighted by molar-refractivity contribution is 9.12. The second kappa shape index (κ2) is 3.92. The molecule has 1 N–H and O–H groups in total. The summed E-state index contributed by atoms with van der Waals surface area (Å²) in [6.07, 6.45) is 9.86. The van der Waals surface area contributed by atoms with Crippen LogP contribution in [-0.4, -0.2) is 0 Å². The van der Waals surface area contributed by atoms with Gasteiger partial charge in [-0.05, 0) is 30.7 Å². The zero-order chi connectivity index (χ0) is 10.8. The summed E-state index contributed by atoms with van der Waals surface area (Å²) in [4.78, 5) is 0. The number of nitrogens with one attached hydrogen (secondary N) is 1. The fourth-order valence-electron chi connectivity index (χ4n) is 1.49. The number of allylic oxidation sites excluding steroid dienone is 8. The molecule has 1 aliphatic carbocycles. The maximum absolute atomic E-state index is 8.92. The molecule has 0 spiro atoms. The van der Waals surface area contributed by atoms with Gasteiger partial charge >= 0.3 is 0 Å². The number of halogens is 1. The molecule has 0 aromatic rings. The number of nitrogens with zero attached hydrogens (tertiary/aromatic N) is 1. The Labute approximate surface area is 97.1 Å². The van der Waals surface area contributed by atoms with Crippen molar-refractivity contribution in [2.45, 2.75) is 6.92 Å². The van der Waals surface area contributed by atoms with Crippen molar-refractivity contribution in [3.05, 3.63) is 57.4 Å². The van der Waals surface area contributed by atoms with E-state index in [1.165, 1.54) is 0 Å². The third kappa shape index (κ3) is 1.81. The molecule has 0 amide bonds. The summed E-state index contributed by atoms with van der Waals surface area (Å²) >= 11 is 3.50. The largest absolute Gasteiger partial charge is 0.346 e. The lowest BCUT2D eigenvalue weighted by Gasteiger charge is -2.19. The Kier molecular flexibility index (Phi) is 2.61. The van der Waals surface area contributed by atoms with E-state index in [4.69, 9.17) is 5.26 Å². The Morgan fingerprint density at radius 2 is 2.07 bits per heavy atom. The van der Waals surface area contributed by atoms with Crippen molar-refractivity contribution >= 4 is 15.9 Å². The maximum Gasteiger partial charge on any atom is 0.120 e. The van der Waals surface area contributed by atoms with Gasteiger partial charge in [0, 0.05) is 15.8 Å². The van der Waals surface area contributed by atoms with Gasteiger partial charge in [0.15, 0.2) is 0 Å². The Morgan fingerprint density at radius 3 is 2.80 bits per heavy atom. The number of dihydropyridines is 1. The third-order valence-corrected chi connectivity index (χ3v) is 2.98. The van der Waals surface area contributed by atoms with E-state index in [9.17, 15) is 0 Å². The molecule has 2 rings (SSSR count). The second-order valence-electron chi connectivity index (χ2n) is 3.33. The quantitative estimate of drug-likeness (QED) is 0.727. The standard InChI is InChI=1S/C12H9BrN2/c1-8-6-9-10(13)4-2-3-5-11(9)15-12(8)7-14/h2-6,15H,1H3. The molecule has 15 heavy (non-hydrogen) atoms. The van der Waals surface area contributed by atoms with Crippen LogP contribution in [0.3, 0.4) is 0 Å². The van der Waals surface area contributed by atoms with Crippen molar-refractivity contribution in [3.63, 3.8) is 0 Å². The zero-order valence-electron chi connectivity index (χ0n) is 8.21. The van der Waals surface area contributed by atoms with Gasteiger partial charge in [-0.2, -0.15) is 5.26 Å². The van der Waals surface area contributed by atoms with Crippen molar-refractivity contribution in [1.29, 1.82) is 5.26 Å². The number of rotatable bonds is 0. The van der Waals surface area contributed by atoms with Crippen LogP contribution >= 0.6 is 15.9 Å². The lowest BCUT2D eigenvalue weighted by atomic mass is 10.0. The number of fused-ring (bicyclic) bond motifs is 1. The van der Waals surface area contributed by atoms with Crippen LogP contribution in [0.1, 0.15) is 6.92 Å². The average molecular weight is 261 g/mol. The predicted octanol–water partition coefficient (Wildman–Crippen LogP) is 3.05. The monoisotopic (exact) mass is 260 g/mol. The molecule has 2 nitrogen and oxygen atoms in total. The maximum atomic E-state index is 8.92. The van der Waals surface area contributed by atoms with E-state index in [0.717, 1.165) is 21.3 Å². The van der Waals surface area contributed by atoms with Gasteiger partial charge in [0.05, 0.1) is 0 Å². The summed E-state index contributed by atoms with van der Waals surface area (Å²) in [5.41, 5.74) is 3.60. The van der Waals surface area contributed by atoms with Crippen LogP contribution in [0.15, 0.2) is 57.4 Å². The van der Waals surface area contributed by atoms with Crippen molar-refractivity contribution in [2.75, 3.05) is 0 Å². The van der Waals surface area contributed by atoms with Crippen LogP contribution in [0.25, 0.3) is 0 Å². The molecule has 0 aromatic heterocycles. The molecule has 74 valence electrons. The van der Waals surface area contributed by atoms with Gasteiger partial charge in [-0.15, -0.1) is 0 Å². The second-order valence-corrected chi connectivity index (χ2v) is 4.19. The summed E-state index contributed by atoms with van der Waals surface area (Å²) in [7, 11) is 0. The molecule has 1 heterocycles. The lowest BCUT2D eigenvalue weighted by molar-refractivity contribution is 0.986. The van der Waals surface area contributed by atoms with Gasteiger partial charge in [-0.3, -0.25) is 0 Å². The van der Waals surface area contributed by atoms with E-state index in [-0.39, 0.29) is 0 Å². The first kappa shape index (κ1) is 10.0. The van der Waals surface area contributed by atoms with Crippen LogP contribution in [-0.2, 0) is 0 Å². The highest BCUT2D eigenvalue weighted by atomic mass is 79.9. The predicted molar refractivity (Wildman–Crippen MR) is 63.8 cm³/mol. The molecule has 1 aliphatic heterocycles. The number of hydrogen-bond acceptors (Lipinski definition) is 2. The van der Waals surface area contributed by atoms with Crippen LogP contribution in [0.5, 0.6) is 0 Å². The molecule has 2 aliphatic rings. The molecule has 0 aromatic carbocycles. The molecule has 0 saturated heterocycles. The lowest BCUT2D eigenvalue weighted by Crippen LogP contribution is -2.18. The number of hydrogen-bond donors (Lipinski definition) is 1. The van der Waals surface area contributed by atoms with E-state index in [2.05, 4.69) is 27.3 Å². The van der Waals surface area contributed by atoms with Gasteiger partial charge in [0.25, 0.3) is 0 Å². The summed E-state index contributed by atoms with van der Waals surface area (Å²) in [6.45, 7) is 1.92. The molecule has 0 radical (unpaired) electrons. The van der Waals surface area contributed by atoms with Crippen LogP contribution in [0.4, 0.5) is 0 Å². The van der Waals surface area contributed by atoms with Gasteiger partial charge in [-0.25, -0.2) is 0 Å². The summed E-state index contributed by atoms with van der Waals surface area (Å²) < 4.78 is 1.02. The van der Waals surface area contributed by atoms with Crippen LogP contribution in [0.2, 0.25) is 0 Å². The molecule has 3 heteroatoms. The molecule has 0 atom stereocenters. The molecular formula is C12H9BrN2. The smallest absolute Gasteiger partial charge is 0.120 e. The van der Waals surface area contributed by atoms with Crippen LogP contribution in [0, 0.1) is 11.3 Å². The highest BCUT2D eigenvalue weighted by Crippen LogP contribution is 2.30. The van der Waals surface area contributed by atoms with Crippen molar-refractivity contribution in [2.24, 2.45) is 0 Å². The Hall–Kier alpha value is -1.53. The Balaban J connectivity index is 2.55. The first-order valence-electron chi connectivity index (χ1n) is 4.57. The van der Waals surface area contributed by atoms with Crippen molar-refractivity contribution in [3.8, 4) is 6.07 Å². The summed E-state index contributed by atoms with van der Waals surface area (Å²) in [5.74, 6) is 0. The minimum atomic E-state index is 0.612. The average Bonchev–Trinajstić information content (AvgIpc) is 2.40. The Bertz CT molecular complexity index is 496. The minimum Gasteiger partial charge on any atom is -0.346 e. The fourth-order valence-corrected chi connectivity index (χ4v) is 1.97. The first-order chi connectivity index (χ1) is 7.22. The first-order valence-corrected chi connectivity index (χ1v) is 5.36. The van der Waals surface area contributed by atoms with Gasteiger partial charge in [0.2, 0.25) is 0 Å². The molecular weight excluding hydrogens is 252 g/mol. The third-order valence-electron chi connectivity index (χ3n) is 2.29. The molecule has 0 unspecified atom stereocenters. The zero-order valence-corrected chi connectivity index (χ0v) is 9.80.